The second kappa shape index (κ2) is 5.48. The summed E-state index contributed by atoms with van der Waals surface area (Å²) in [6, 6.07) is 15.6. The first kappa shape index (κ1) is 12.3. The van der Waals surface area contributed by atoms with Gasteiger partial charge in [-0.2, -0.15) is 4.80 Å². The Morgan fingerprint density at radius 3 is 2.70 bits per heavy atom. The van der Waals surface area contributed by atoms with Crippen LogP contribution in [0.4, 0.5) is 5.82 Å². The van der Waals surface area contributed by atoms with Crippen molar-refractivity contribution in [3.05, 3.63) is 54.2 Å². The van der Waals surface area contributed by atoms with E-state index < -0.39 is 0 Å². The fraction of sp³-hybridized carbons (Fsp3) is 0.143. The molecule has 0 aliphatic rings. The number of hydrogen-bond acceptors (Lipinski definition) is 5. The molecule has 3 rings (SSSR count). The van der Waals surface area contributed by atoms with Crippen LogP contribution in [0.3, 0.4) is 0 Å². The van der Waals surface area contributed by atoms with Crippen LogP contribution in [0.25, 0.3) is 11.4 Å². The molecule has 0 atom stereocenters. The maximum absolute atomic E-state index is 4.43. The Hall–Kier alpha value is -2.76. The molecule has 2 aromatic heterocycles. The zero-order chi connectivity index (χ0) is 13.8. The van der Waals surface area contributed by atoms with Gasteiger partial charge >= 0.3 is 0 Å². The number of nitrogens with zero attached hydrogens (tertiary/aromatic N) is 5. The van der Waals surface area contributed by atoms with Crippen molar-refractivity contribution in [3.63, 3.8) is 0 Å². The lowest BCUT2D eigenvalue weighted by Gasteiger charge is -2.02. The van der Waals surface area contributed by atoms with E-state index in [4.69, 9.17) is 0 Å². The molecule has 1 aromatic carbocycles. The van der Waals surface area contributed by atoms with Crippen molar-refractivity contribution in [2.75, 3.05) is 12.4 Å². The first-order valence-corrected chi connectivity index (χ1v) is 6.32. The highest BCUT2D eigenvalue weighted by atomic mass is 15.6. The summed E-state index contributed by atoms with van der Waals surface area (Å²) in [4.78, 5) is 5.97. The summed E-state index contributed by atoms with van der Waals surface area (Å²) >= 11 is 0. The van der Waals surface area contributed by atoms with Gasteiger partial charge in [0.1, 0.15) is 12.4 Å². The molecule has 100 valence electrons. The Bertz CT molecular complexity index is 692. The Morgan fingerprint density at radius 1 is 1.05 bits per heavy atom. The number of pyridine rings is 1. The smallest absolute Gasteiger partial charge is 0.204 e. The van der Waals surface area contributed by atoms with Gasteiger partial charge in [0.2, 0.25) is 5.82 Å². The van der Waals surface area contributed by atoms with Crippen molar-refractivity contribution in [2.24, 2.45) is 0 Å². The number of hydrogen-bond donors (Lipinski definition) is 1. The minimum absolute atomic E-state index is 0.495. The lowest BCUT2D eigenvalue weighted by molar-refractivity contribution is 0.565. The van der Waals surface area contributed by atoms with E-state index in [-0.39, 0.29) is 0 Å². The van der Waals surface area contributed by atoms with Crippen molar-refractivity contribution >= 4 is 5.82 Å². The second-order valence-corrected chi connectivity index (χ2v) is 4.27. The third-order valence-corrected chi connectivity index (χ3v) is 2.85. The molecule has 0 unspecified atom stereocenters. The number of tetrazole rings is 1. The van der Waals surface area contributed by atoms with E-state index >= 15 is 0 Å². The standard InChI is InChI=1S/C14H14N6/c1-15-13-9-5-8-12(16-13)10-20-18-14(17-19-20)11-6-3-2-4-7-11/h2-9H,10H2,1H3,(H,15,16). The average Bonchev–Trinajstić information content (AvgIpc) is 2.97. The van der Waals surface area contributed by atoms with Crippen molar-refractivity contribution in [1.82, 2.24) is 25.2 Å². The van der Waals surface area contributed by atoms with Gasteiger partial charge in [0.15, 0.2) is 0 Å². The van der Waals surface area contributed by atoms with Gasteiger partial charge in [0.05, 0.1) is 5.69 Å². The molecule has 0 aliphatic carbocycles. The molecule has 0 saturated heterocycles. The van der Waals surface area contributed by atoms with Gasteiger partial charge in [-0.15, -0.1) is 10.2 Å². The maximum Gasteiger partial charge on any atom is 0.204 e. The summed E-state index contributed by atoms with van der Waals surface area (Å²) in [5, 5.41) is 15.5. The monoisotopic (exact) mass is 266 g/mol. The van der Waals surface area contributed by atoms with Crippen molar-refractivity contribution in [2.45, 2.75) is 6.54 Å². The number of rotatable bonds is 4. The molecule has 2 heterocycles. The first-order valence-electron chi connectivity index (χ1n) is 6.32. The highest BCUT2D eigenvalue weighted by molar-refractivity contribution is 5.52. The SMILES string of the molecule is CNc1cccc(Cn2nnc(-c3ccccc3)n2)n1. The molecule has 3 aromatic rings. The van der Waals surface area contributed by atoms with Crippen LogP contribution in [0.2, 0.25) is 0 Å². The molecule has 0 fully saturated rings. The van der Waals surface area contributed by atoms with Gasteiger partial charge in [-0.25, -0.2) is 4.98 Å². The van der Waals surface area contributed by atoms with Crippen molar-refractivity contribution < 1.29 is 0 Å². The van der Waals surface area contributed by atoms with E-state index in [0.717, 1.165) is 17.1 Å². The summed E-state index contributed by atoms with van der Waals surface area (Å²) in [6.07, 6.45) is 0. The van der Waals surface area contributed by atoms with E-state index in [0.29, 0.717) is 12.4 Å². The zero-order valence-corrected chi connectivity index (χ0v) is 11.1. The highest BCUT2D eigenvalue weighted by Crippen LogP contribution is 2.12. The van der Waals surface area contributed by atoms with Gasteiger partial charge < -0.3 is 5.32 Å². The first-order chi connectivity index (χ1) is 9.85. The molecule has 0 spiro atoms. The van der Waals surface area contributed by atoms with Crippen LogP contribution in [0.15, 0.2) is 48.5 Å². The Morgan fingerprint density at radius 2 is 1.90 bits per heavy atom. The zero-order valence-electron chi connectivity index (χ0n) is 11.1. The minimum Gasteiger partial charge on any atom is -0.373 e. The predicted molar refractivity (Wildman–Crippen MR) is 76.1 cm³/mol. The maximum atomic E-state index is 4.43. The lowest BCUT2D eigenvalue weighted by Crippen LogP contribution is -2.06. The molecule has 0 radical (unpaired) electrons. The third-order valence-electron chi connectivity index (χ3n) is 2.85. The van der Waals surface area contributed by atoms with Crippen LogP contribution in [-0.2, 0) is 6.54 Å². The molecular formula is C14H14N6. The topological polar surface area (TPSA) is 68.5 Å². The Balaban J connectivity index is 1.80. The molecule has 1 N–H and O–H groups in total. The lowest BCUT2D eigenvalue weighted by atomic mass is 10.2. The highest BCUT2D eigenvalue weighted by Gasteiger charge is 2.06. The molecule has 0 bridgehead atoms. The largest absolute Gasteiger partial charge is 0.373 e. The van der Waals surface area contributed by atoms with Crippen LogP contribution in [-0.4, -0.2) is 32.2 Å². The fourth-order valence-electron chi connectivity index (χ4n) is 1.86. The van der Waals surface area contributed by atoms with E-state index in [1.165, 1.54) is 0 Å². The van der Waals surface area contributed by atoms with Crippen LogP contribution < -0.4 is 5.32 Å². The number of aromatic nitrogens is 5. The second-order valence-electron chi connectivity index (χ2n) is 4.27. The van der Waals surface area contributed by atoms with Crippen LogP contribution in [0.5, 0.6) is 0 Å². The van der Waals surface area contributed by atoms with Crippen LogP contribution in [0, 0.1) is 0 Å². The van der Waals surface area contributed by atoms with E-state index in [1.54, 1.807) is 4.80 Å². The molecule has 6 heteroatoms. The molecule has 0 saturated carbocycles. The van der Waals surface area contributed by atoms with Gasteiger partial charge in [-0.1, -0.05) is 36.4 Å². The van der Waals surface area contributed by atoms with Crippen LogP contribution >= 0.6 is 0 Å². The minimum atomic E-state index is 0.495. The van der Waals surface area contributed by atoms with Crippen molar-refractivity contribution in [1.29, 1.82) is 0 Å². The number of anilines is 1. The molecule has 6 nitrogen and oxygen atoms in total. The van der Waals surface area contributed by atoms with Gasteiger partial charge in [0.25, 0.3) is 0 Å². The molecule has 0 amide bonds. The van der Waals surface area contributed by atoms with E-state index in [2.05, 4.69) is 25.7 Å². The summed E-state index contributed by atoms with van der Waals surface area (Å²) < 4.78 is 0. The Labute approximate surface area is 116 Å². The van der Waals surface area contributed by atoms with Crippen molar-refractivity contribution in [3.8, 4) is 11.4 Å². The molecular weight excluding hydrogens is 252 g/mol. The summed E-state index contributed by atoms with van der Waals surface area (Å²) in [5.41, 5.74) is 1.84. The third kappa shape index (κ3) is 2.64. The van der Waals surface area contributed by atoms with E-state index in [9.17, 15) is 0 Å². The van der Waals surface area contributed by atoms with Gasteiger partial charge in [-0.05, 0) is 17.3 Å². The molecule has 0 aliphatic heterocycles. The predicted octanol–water partition coefficient (Wildman–Crippen LogP) is 1.83. The normalized spacial score (nSPS) is 10.4. The fourth-order valence-corrected chi connectivity index (χ4v) is 1.86. The van der Waals surface area contributed by atoms with Gasteiger partial charge in [0, 0.05) is 12.6 Å². The van der Waals surface area contributed by atoms with Gasteiger partial charge in [-0.3, -0.25) is 0 Å². The summed E-state index contributed by atoms with van der Waals surface area (Å²) in [5.74, 6) is 1.45. The Kier molecular flexibility index (Phi) is 3.36. The quantitative estimate of drug-likeness (QED) is 0.780. The number of nitrogens with one attached hydrogen (secondary N) is 1. The summed E-state index contributed by atoms with van der Waals surface area (Å²) in [6.45, 7) is 0.495. The summed E-state index contributed by atoms with van der Waals surface area (Å²) in [7, 11) is 1.84. The van der Waals surface area contributed by atoms with E-state index in [1.807, 2.05) is 55.6 Å². The number of benzene rings is 1. The average molecular weight is 266 g/mol. The molecule has 20 heavy (non-hydrogen) atoms. The van der Waals surface area contributed by atoms with Crippen LogP contribution in [0.1, 0.15) is 5.69 Å².